The number of carboxylic acid groups (broad SMARTS) is 1. The average Bonchev–Trinajstić information content (AvgIpc) is 2.26. The summed E-state index contributed by atoms with van der Waals surface area (Å²) in [5, 5.41) is 9.02. The molecule has 0 aliphatic carbocycles. The Morgan fingerprint density at radius 2 is 2.06 bits per heavy atom. The van der Waals surface area contributed by atoms with E-state index in [0.29, 0.717) is 11.8 Å². The number of benzene rings is 1. The second-order valence-corrected chi connectivity index (χ2v) is 4.12. The Labute approximate surface area is 100 Å². The van der Waals surface area contributed by atoms with Crippen LogP contribution in [0.2, 0.25) is 0 Å². The summed E-state index contributed by atoms with van der Waals surface area (Å²) in [6.45, 7) is 1.35. The van der Waals surface area contributed by atoms with Crippen LogP contribution in [0.4, 0.5) is 0 Å². The van der Waals surface area contributed by atoms with E-state index in [0.717, 1.165) is 0 Å². The van der Waals surface area contributed by atoms with Crippen LogP contribution in [-0.4, -0.2) is 23.1 Å². The summed E-state index contributed by atoms with van der Waals surface area (Å²) in [5.74, 6) is -1.44. The van der Waals surface area contributed by atoms with Crippen molar-refractivity contribution >= 4 is 34.0 Å². The van der Waals surface area contributed by atoms with E-state index in [1.165, 1.54) is 19.1 Å². The Morgan fingerprint density at radius 1 is 1.44 bits per heavy atom. The van der Waals surface area contributed by atoms with E-state index in [1.54, 1.807) is 6.07 Å². The van der Waals surface area contributed by atoms with Gasteiger partial charge in [0.05, 0.1) is 10.4 Å². The van der Waals surface area contributed by atoms with Gasteiger partial charge in [-0.3, -0.25) is 9.59 Å². The van der Waals surface area contributed by atoms with Crippen molar-refractivity contribution in [2.75, 3.05) is 0 Å². The van der Waals surface area contributed by atoms with Crippen molar-refractivity contribution in [1.82, 2.24) is 0 Å². The topological polar surface area (TPSA) is 71.4 Å². The molecule has 16 heavy (non-hydrogen) atoms. The van der Waals surface area contributed by atoms with E-state index in [2.05, 4.69) is 15.9 Å². The Balaban J connectivity index is 3.44. The van der Waals surface area contributed by atoms with Crippen molar-refractivity contribution in [3.63, 3.8) is 0 Å². The Morgan fingerprint density at radius 3 is 2.50 bits per heavy atom. The third kappa shape index (κ3) is 2.36. The van der Waals surface area contributed by atoms with E-state index in [4.69, 9.17) is 5.11 Å². The smallest absolute Gasteiger partial charge is 0.336 e. The number of hydrogen-bond acceptors (Lipinski definition) is 3. The average molecular weight is 285 g/mol. The first kappa shape index (κ1) is 12.6. The van der Waals surface area contributed by atoms with Crippen LogP contribution in [0, 0.1) is 0 Å². The first-order chi connectivity index (χ1) is 7.49. The number of aromatic carboxylic acids is 1. The number of carboxylic acids is 1. The van der Waals surface area contributed by atoms with Crippen LogP contribution in [0.5, 0.6) is 0 Å². The van der Waals surface area contributed by atoms with Crippen molar-refractivity contribution in [3.05, 3.63) is 34.9 Å². The lowest BCUT2D eigenvalue weighted by Gasteiger charge is -2.11. The molecule has 0 fully saturated rings. The highest BCUT2D eigenvalue weighted by Gasteiger charge is 2.22. The lowest BCUT2D eigenvalue weighted by Crippen LogP contribution is -2.11. The van der Waals surface area contributed by atoms with Gasteiger partial charge in [0.15, 0.2) is 6.29 Å². The van der Waals surface area contributed by atoms with E-state index in [-0.39, 0.29) is 16.9 Å². The van der Waals surface area contributed by atoms with Gasteiger partial charge in [-0.05, 0) is 12.5 Å². The molecule has 4 nitrogen and oxygen atoms in total. The Kier molecular flexibility index (Phi) is 3.95. The summed E-state index contributed by atoms with van der Waals surface area (Å²) >= 11 is 3.10. The summed E-state index contributed by atoms with van der Waals surface area (Å²) < 4.78 is 0. The second-order valence-electron chi connectivity index (χ2n) is 3.21. The van der Waals surface area contributed by atoms with Crippen LogP contribution in [0.25, 0.3) is 0 Å². The number of alkyl halides is 1. The van der Waals surface area contributed by atoms with Gasteiger partial charge in [-0.25, -0.2) is 4.79 Å². The predicted molar refractivity (Wildman–Crippen MR) is 61.1 cm³/mol. The number of carbonyl (C=O) groups excluding carboxylic acids is 2. The normalized spacial score (nSPS) is 11.9. The van der Waals surface area contributed by atoms with Crippen LogP contribution in [0.1, 0.15) is 38.0 Å². The lowest BCUT2D eigenvalue weighted by molar-refractivity contribution is -0.116. The number of halogens is 1. The molecule has 0 heterocycles. The number of aldehydes is 1. The van der Waals surface area contributed by atoms with Gasteiger partial charge in [-0.2, -0.15) is 0 Å². The molecule has 0 aliphatic heterocycles. The van der Waals surface area contributed by atoms with Gasteiger partial charge in [0, 0.05) is 5.56 Å². The summed E-state index contributed by atoms with van der Waals surface area (Å²) in [6, 6.07) is 4.46. The van der Waals surface area contributed by atoms with Crippen LogP contribution < -0.4 is 0 Å². The molecule has 0 bridgehead atoms. The molecular weight excluding hydrogens is 276 g/mol. The van der Waals surface area contributed by atoms with Crippen molar-refractivity contribution in [2.45, 2.75) is 11.8 Å². The minimum Gasteiger partial charge on any atom is -0.478 e. The van der Waals surface area contributed by atoms with Crippen LogP contribution in [0.3, 0.4) is 0 Å². The van der Waals surface area contributed by atoms with Crippen LogP contribution >= 0.6 is 15.9 Å². The lowest BCUT2D eigenvalue weighted by atomic mass is 9.98. The maximum Gasteiger partial charge on any atom is 0.336 e. The third-order valence-corrected chi connectivity index (χ3v) is 3.24. The molecule has 0 amide bonds. The monoisotopic (exact) mass is 284 g/mol. The standard InChI is InChI=1S/C11H9BrO4/c1-6(14)10(12)8-4-2-3-7(5-13)9(8)11(15)16/h2-5,10H,1H3,(H,15,16). The first-order valence-corrected chi connectivity index (χ1v) is 5.36. The van der Waals surface area contributed by atoms with Crippen molar-refractivity contribution in [3.8, 4) is 0 Å². The van der Waals surface area contributed by atoms with E-state index < -0.39 is 10.8 Å². The van der Waals surface area contributed by atoms with Gasteiger partial charge in [0.25, 0.3) is 0 Å². The highest BCUT2D eigenvalue weighted by atomic mass is 79.9. The quantitative estimate of drug-likeness (QED) is 0.680. The SMILES string of the molecule is CC(=O)C(Br)c1cccc(C=O)c1C(=O)O. The molecule has 1 rings (SSSR count). The minimum atomic E-state index is -1.22. The molecule has 0 aliphatic rings. The predicted octanol–water partition coefficient (Wildman–Crippen LogP) is 2.22. The number of ketones is 1. The minimum absolute atomic E-state index is 0.0655. The van der Waals surface area contributed by atoms with E-state index >= 15 is 0 Å². The zero-order valence-corrected chi connectivity index (χ0v) is 10.0. The number of carbonyl (C=O) groups is 3. The zero-order valence-electron chi connectivity index (χ0n) is 8.44. The molecule has 1 aromatic rings. The van der Waals surface area contributed by atoms with Gasteiger partial charge in [-0.15, -0.1) is 0 Å². The third-order valence-electron chi connectivity index (χ3n) is 2.10. The molecule has 1 atom stereocenters. The Bertz CT molecular complexity index is 453. The first-order valence-electron chi connectivity index (χ1n) is 4.45. The molecular formula is C11H9BrO4. The van der Waals surface area contributed by atoms with Gasteiger partial charge < -0.3 is 5.11 Å². The fraction of sp³-hybridized carbons (Fsp3) is 0.182. The fourth-order valence-corrected chi connectivity index (χ4v) is 1.75. The molecule has 84 valence electrons. The van der Waals surface area contributed by atoms with Crippen LogP contribution in [-0.2, 0) is 4.79 Å². The largest absolute Gasteiger partial charge is 0.478 e. The van der Waals surface area contributed by atoms with Gasteiger partial charge in [0.1, 0.15) is 5.78 Å². The summed E-state index contributed by atoms with van der Waals surface area (Å²) in [6.07, 6.45) is 0.465. The summed E-state index contributed by atoms with van der Waals surface area (Å²) in [4.78, 5) is 32.2. The zero-order chi connectivity index (χ0) is 12.3. The maximum atomic E-state index is 11.2. The highest BCUT2D eigenvalue weighted by Crippen LogP contribution is 2.28. The molecule has 5 heteroatoms. The number of rotatable bonds is 4. The van der Waals surface area contributed by atoms with E-state index in [1.807, 2.05) is 0 Å². The summed E-state index contributed by atoms with van der Waals surface area (Å²) in [5.41, 5.74) is 0.231. The summed E-state index contributed by atoms with van der Waals surface area (Å²) in [7, 11) is 0. The molecule has 0 aromatic heterocycles. The van der Waals surface area contributed by atoms with Crippen LogP contribution in [0.15, 0.2) is 18.2 Å². The number of Topliss-reactive ketones (excluding diaryl/α,β-unsaturated/α-hetero) is 1. The van der Waals surface area contributed by atoms with E-state index in [9.17, 15) is 14.4 Å². The fourth-order valence-electron chi connectivity index (χ4n) is 1.36. The second kappa shape index (κ2) is 5.03. The molecule has 0 radical (unpaired) electrons. The van der Waals surface area contributed by atoms with Crippen molar-refractivity contribution in [1.29, 1.82) is 0 Å². The van der Waals surface area contributed by atoms with Gasteiger partial charge in [0.2, 0.25) is 0 Å². The molecule has 1 unspecified atom stereocenters. The number of hydrogen-bond donors (Lipinski definition) is 1. The molecule has 0 saturated heterocycles. The molecule has 0 saturated carbocycles. The van der Waals surface area contributed by atoms with Crippen molar-refractivity contribution in [2.24, 2.45) is 0 Å². The maximum absolute atomic E-state index is 11.2. The van der Waals surface area contributed by atoms with Crippen molar-refractivity contribution < 1.29 is 19.5 Å². The van der Waals surface area contributed by atoms with Gasteiger partial charge in [-0.1, -0.05) is 34.1 Å². The molecule has 1 N–H and O–H groups in total. The molecule has 1 aromatic carbocycles. The molecule has 0 spiro atoms. The Hall–Kier alpha value is -1.49. The highest BCUT2D eigenvalue weighted by molar-refractivity contribution is 9.09. The van der Waals surface area contributed by atoms with Gasteiger partial charge >= 0.3 is 5.97 Å².